The molecular weight excluding hydrogens is 337 g/mol. The molecule has 0 unspecified atom stereocenters. The van der Waals surface area contributed by atoms with Crippen molar-refractivity contribution in [1.29, 1.82) is 0 Å². The monoisotopic (exact) mass is 350 g/mol. The molecule has 1 aromatic heterocycles. The second-order valence-electron chi connectivity index (χ2n) is 5.58. The van der Waals surface area contributed by atoms with Crippen molar-refractivity contribution >= 4 is 29.0 Å². The van der Waals surface area contributed by atoms with Gasteiger partial charge in [0.2, 0.25) is 5.28 Å². The molecule has 23 heavy (non-hydrogen) atoms. The first-order valence-electron chi connectivity index (χ1n) is 6.93. The van der Waals surface area contributed by atoms with Crippen LogP contribution in [0.5, 0.6) is 0 Å². The van der Waals surface area contributed by atoms with E-state index in [1.54, 1.807) is 7.05 Å². The van der Waals surface area contributed by atoms with Crippen LogP contribution < -0.4 is 9.80 Å². The van der Waals surface area contributed by atoms with Gasteiger partial charge in [0, 0.05) is 40.2 Å². The summed E-state index contributed by atoms with van der Waals surface area (Å²) in [6.45, 7) is 0.703. The maximum absolute atomic E-state index is 13.3. The minimum Gasteiger partial charge on any atom is -0.381 e. The molecule has 0 bridgehead atoms. The van der Waals surface area contributed by atoms with Crippen molar-refractivity contribution in [3.05, 3.63) is 11.0 Å². The van der Waals surface area contributed by atoms with E-state index in [1.165, 1.54) is 11.9 Å². The molecule has 6 nitrogen and oxygen atoms in total. The summed E-state index contributed by atoms with van der Waals surface area (Å²) in [7, 11) is 2.86. The molecule has 126 valence electrons. The van der Waals surface area contributed by atoms with Gasteiger partial charge in [0.05, 0.1) is 0 Å². The lowest BCUT2D eigenvalue weighted by Gasteiger charge is -2.49. The number of rotatable bonds is 0. The van der Waals surface area contributed by atoms with Gasteiger partial charge in [-0.1, -0.05) is 0 Å². The van der Waals surface area contributed by atoms with E-state index >= 15 is 0 Å². The molecule has 10 heteroatoms. The minimum atomic E-state index is -4.74. The van der Waals surface area contributed by atoms with Gasteiger partial charge in [0.1, 0.15) is 11.2 Å². The molecule has 1 saturated heterocycles. The van der Waals surface area contributed by atoms with Crippen LogP contribution in [0.1, 0.15) is 18.5 Å². The number of aromatic nitrogens is 2. The van der Waals surface area contributed by atoms with Crippen molar-refractivity contribution in [3.8, 4) is 0 Å². The van der Waals surface area contributed by atoms with Crippen molar-refractivity contribution in [3.63, 3.8) is 0 Å². The van der Waals surface area contributed by atoms with E-state index in [0.29, 0.717) is 26.1 Å². The molecule has 2 aliphatic rings. The van der Waals surface area contributed by atoms with Crippen molar-refractivity contribution in [2.75, 3.05) is 37.1 Å². The minimum absolute atomic E-state index is 0.00123. The Labute approximate surface area is 135 Å². The number of ether oxygens (including phenoxy) is 1. The Kier molecular flexibility index (Phi) is 3.68. The van der Waals surface area contributed by atoms with Crippen molar-refractivity contribution in [2.24, 2.45) is 0 Å². The van der Waals surface area contributed by atoms with Gasteiger partial charge in [0.15, 0.2) is 11.5 Å². The van der Waals surface area contributed by atoms with E-state index < -0.39 is 28.6 Å². The van der Waals surface area contributed by atoms with Gasteiger partial charge >= 0.3 is 6.18 Å². The maximum atomic E-state index is 13.3. The smallest absolute Gasteiger partial charge is 0.381 e. The van der Waals surface area contributed by atoms with Gasteiger partial charge in [0.25, 0.3) is 5.91 Å². The first-order chi connectivity index (χ1) is 10.7. The zero-order chi connectivity index (χ0) is 17.0. The first kappa shape index (κ1) is 16.3. The van der Waals surface area contributed by atoms with Crippen LogP contribution in [0.2, 0.25) is 5.28 Å². The zero-order valence-electron chi connectivity index (χ0n) is 12.4. The predicted molar refractivity (Wildman–Crippen MR) is 76.6 cm³/mol. The van der Waals surface area contributed by atoms with Crippen LogP contribution in [-0.4, -0.2) is 48.7 Å². The van der Waals surface area contributed by atoms with Crippen LogP contribution in [0.15, 0.2) is 0 Å². The first-order valence-corrected chi connectivity index (χ1v) is 7.31. The van der Waals surface area contributed by atoms with Gasteiger partial charge in [-0.25, -0.2) is 4.98 Å². The van der Waals surface area contributed by atoms with Crippen LogP contribution in [0, 0.1) is 0 Å². The maximum Gasteiger partial charge on any atom is 0.435 e. The fraction of sp³-hybridized carbons (Fsp3) is 0.615. The van der Waals surface area contributed by atoms with E-state index in [9.17, 15) is 18.0 Å². The normalized spacial score (nSPS) is 20.9. The van der Waals surface area contributed by atoms with Crippen molar-refractivity contribution < 1.29 is 22.7 Å². The molecule has 0 aromatic carbocycles. The average Bonchev–Trinajstić information content (AvgIpc) is 2.50. The highest BCUT2D eigenvalue weighted by Crippen LogP contribution is 2.47. The topological polar surface area (TPSA) is 58.6 Å². The predicted octanol–water partition coefficient (Wildman–Crippen LogP) is 2.11. The third-order valence-corrected chi connectivity index (χ3v) is 4.59. The molecule has 0 aliphatic carbocycles. The quantitative estimate of drug-likeness (QED) is 0.671. The largest absolute Gasteiger partial charge is 0.435 e. The van der Waals surface area contributed by atoms with E-state index in [4.69, 9.17) is 16.3 Å². The van der Waals surface area contributed by atoms with Crippen molar-refractivity contribution in [1.82, 2.24) is 9.97 Å². The number of carbonyl (C=O) groups is 1. The number of nitrogens with zero attached hydrogens (tertiary/aromatic N) is 4. The van der Waals surface area contributed by atoms with Gasteiger partial charge < -0.3 is 14.5 Å². The van der Waals surface area contributed by atoms with Gasteiger partial charge in [-0.15, -0.1) is 0 Å². The number of likely N-dealkylation sites (N-methyl/N-ethyl adjacent to an activating group) is 2. The molecule has 0 N–H and O–H groups in total. The highest BCUT2D eigenvalue weighted by atomic mass is 35.5. The summed E-state index contributed by atoms with van der Waals surface area (Å²) in [6.07, 6.45) is -4.00. The zero-order valence-corrected chi connectivity index (χ0v) is 13.2. The number of fused-ring (bicyclic) bond motifs is 1. The number of halogens is 4. The molecule has 1 spiro atoms. The summed E-state index contributed by atoms with van der Waals surface area (Å²) in [6, 6.07) is 0. The van der Waals surface area contributed by atoms with Crippen LogP contribution in [-0.2, 0) is 15.7 Å². The number of carbonyl (C=O) groups excluding carboxylic acids is 1. The fourth-order valence-corrected chi connectivity index (χ4v) is 3.34. The average molecular weight is 351 g/mol. The van der Waals surface area contributed by atoms with Gasteiger partial charge in [-0.05, 0) is 11.6 Å². The lowest BCUT2D eigenvalue weighted by atomic mass is 9.84. The molecule has 0 radical (unpaired) electrons. The third-order valence-electron chi connectivity index (χ3n) is 4.42. The number of hydrogen-bond donors (Lipinski definition) is 0. The Hall–Kier alpha value is -1.61. The lowest BCUT2D eigenvalue weighted by Crippen LogP contribution is -2.64. The van der Waals surface area contributed by atoms with Crippen LogP contribution >= 0.6 is 11.6 Å². The van der Waals surface area contributed by atoms with Crippen LogP contribution in [0.3, 0.4) is 0 Å². The number of amides is 1. The summed E-state index contributed by atoms with van der Waals surface area (Å²) in [5, 5.41) is -0.507. The summed E-state index contributed by atoms with van der Waals surface area (Å²) in [4.78, 5) is 22.5. The molecule has 1 fully saturated rings. The van der Waals surface area contributed by atoms with Crippen LogP contribution in [0.4, 0.5) is 24.7 Å². The molecule has 2 aliphatic heterocycles. The Bertz CT molecular complexity index is 661. The van der Waals surface area contributed by atoms with E-state index in [1.807, 2.05) is 0 Å². The SMILES string of the molecule is CN1C(=O)C2(CCOCC2)N(C)c2nc(Cl)nc(C(F)(F)F)c21. The molecule has 3 rings (SSSR count). The molecule has 0 saturated carbocycles. The second-order valence-corrected chi connectivity index (χ2v) is 5.92. The highest BCUT2D eigenvalue weighted by Gasteiger charge is 2.53. The molecule has 1 amide bonds. The Balaban J connectivity index is 2.23. The molecular formula is C13H14ClF3N4O2. The lowest BCUT2D eigenvalue weighted by molar-refractivity contribution is -0.141. The summed E-state index contributed by atoms with van der Waals surface area (Å²) in [5.74, 6) is -0.423. The number of alkyl halides is 3. The molecule has 3 heterocycles. The van der Waals surface area contributed by atoms with Crippen molar-refractivity contribution in [2.45, 2.75) is 24.6 Å². The van der Waals surface area contributed by atoms with Gasteiger partial charge in [-0.2, -0.15) is 18.2 Å². The van der Waals surface area contributed by atoms with E-state index in [-0.39, 0.29) is 11.5 Å². The highest BCUT2D eigenvalue weighted by molar-refractivity contribution is 6.28. The number of anilines is 2. The van der Waals surface area contributed by atoms with E-state index in [0.717, 1.165) is 4.90 Å². The van der Waals surface area contributed by atoms with E-state index in [2.05, 4.69) is 9.97 Å². The summed E-state index contributed by atoms with van der Waals surface area (Å²) >= 11 is 5.69. The van der Waals surface area contributed by atoms with Crippen LogP contribution in [0.25, 0.3) is 0 Å². The summed E-state index contributed by atoms with van der Waals surface area (Å²) < 4.78 is 45.2. The third kappa shape index (κ3) is 2.33. The number of hydrogen-bond acceptors (Lipinski definition) is 5. The van der Waals surface area contributed by atoms with Gasteiger partial charge in [-0.3, -0.25) is 4.79 Å². The fourth-order valence-electron chi connectivity index (χ4n) is 3.18. The Morgan fingerprint density at radius 3 is 2.39 bits per heavy atom. The molecule has 0 atom stereocenters. The molecule has 1 aromatic rings. The summed E-state index contributed by atoms with van der Waals surface area (Å²) in [5.41, 5.74) is -2.55. The Morgan fingerprint density at radius 2 is 1.83 bits per heavy atom. The standard InChI is InChI=1S/C13H14ClF3N4O2/c1-20-7-8(13(15,16)17)18-11(14)19-9(7)21(2)12(10(20)22)3-5-23-6-4-12/h3-6H2,1-2H3. The Morgan fingerprint density at radius 1 is 1.22 bits per heavy atom. The second kappa shape index (κ2) is 5.20.